The number of benzene rings is 3. The lowest BCUT2D eigenvalue weighted by Gasteiger charge is -2.11. The minimum Gasteiger partial charge on any atom is -0.370 e. The van der Waals surface area contributed by atoms with Crippen molar-refractivity contribution in [1.82, 2.24) is 9.78 Å². The molecule has 0 amide bonds. The van der Waals surface area contributed by atoms with Crippen LogP contribution < -0.4 is 5.32 Å². The number of rotatable bonds is 3. The third-order valence-electron chi connectivity index (χ3n) is 5.83. The van der Waals surface area contributed by atoms with Crippen molar-refractivity contribution in [2.45, 2.75) is 25.4 Å². The predicted molar refractivity (Wildman–Crippen MR) is 121 cm³/mol. The van der Waals surface area contributed by atoms with Gasteiger partial charge >= 0.3 is 6.18 Å². The Bertz CT molecular complexity index is 1210. The summed E-state index contributed by atoms with van der Waals surface area (Å²) in [7, 11) is 0. The van der Waals surface area contributed by atoms with Crippen LogP contribution in [0.3, 0.4) is 0 Å². The van der Waals surface area contributed by atoms with Gasteiger partial charge in [-0.3, -0.25) is 0 Å². The molecule has 4 aromatic rings. The Morgan fingerprint density at radius 3 is 2.09 bits per heavy atom. The molecule has 1 aromatic heterocycles. The van der Waals surface area contributed by atoms with Crippen molar-refractivity contribution >= 4 is 5.82 Å². The molecule has 0 unspecified atom stereocenters. The second kappa shape index (κ2) is 8.19. The Morgan fingerprint density at radius 2 is 1.41 bits per heavy atom. The van der Waals surface area contributed by atoms with Crippen LogP contribution in [0.1, 0.15) is 24.0 Å². The standard InChI is InChI=1S/C26H22F3N3/c27-26(28,29)21-13-15-22(16-14-21)32-25-23(8-4-5-17-30-25)24(31-32)20-11-9-19(10-12-20)18-6-2-1-3-7-18/h1-3,6-7,9-16,30H,4-5,8,17H2. The van der Waals surface area contributed by atoms with Crippen LogP contribution in [0.25, 0.3) is 28.1 Å². The average molecular weight is 433 g/mol. The molecule has 0 aliphatic carbocycles. The van der Waals surface area contributed by atoms with E-state index in [1.54, 1.807) is 4.68 Å². The second-order valence-electron chi connectivity index (χ2n) is 7.96. The number of nitrogens with zero attached hydrogens (tertiary/aromatic N) is 2. The molecule has 1 N–H and O–H groups in total. The number of hydrogen-bond donors (Lipinski definition) is 1. The lowest BCUT2D eigenvalue weighted by atomic mass is 10.00. The summed E-state index contributed by atoms with van der Waals surface area (Å²) in [5.74, 6) is 0.865. The fourth-order valence-corrected chi connectivity index (χ4v) is 4.16. The summed E-state index contributed by atoms with van der Waals surface area (Å²) in [6, 6.07) is 23.6. The maximum absolute atomic E-state index is 13.0. The van der Waals surface area contributed by atoms with Gasteiger partial charge < -0.3 is 5.32 Å². The maximum atomic E-state index is 13.0. The van der Waals surface area contributed by atoms with Crippen LogP contribution in [0.5, 0.6) is 0 Å². The Balaban J connectivity index is 1.56. The van der Waals surface area contributed by atoms with Crippen molar-refractivity contribution in [3.63, 3.8) is 0 Å². The summed E-state index contributed by atoms with van der Waals surface area (Å²) in [5.41, 5.74) is 5.19. The zero-order valence-electron chi connectivity index (χ0n) is 17.4. The number of anilines is 1. The smallest absolute Gasteiger partial charge is 0.370 e. The number of alkyl halides is 3. The summed E-state index contributed by atoms with van der Waals surface area (Å²) < 4.78 is 40.7. The van der Waals surface area contributed by atoms with E-state index >= 15 is 0 Å². The molecule has 5 rings (SSSR count). The normalized spacial score (nSPS) is 13.8. The molecule has 6 heteroatoms. The molecule has 3 aromatic carbocycles. The van der Waals surface area contributed by atoms with Gasteiger partial charge in [-0.1, -0.05) is 54.6 Å². The molecule has 162 valence electrons. The average Bonchev–Trinajstić information content (AvgIpc) is 3.00. The highest BCUT2D eigenvalue weighted by molar-refractivity contribution is 5.74. The number of fused-ring (bicyclic) bond motifs is 1. The van der Waals surface area contributed by atoms with Gasteiger partial charge in [-0.25, -0.2) is 4.68 Å². The van der Waals surface area contributed by atoms with Crippen molar-refractivity contribution in [2.24, 2.45) is 0 Å². The fraction of sp³-hybridized carbons (Fsp3) is 0.192. The molecule has 1 aliphatic rings. The molecule has 2 heterocycles. The largest absolute Gasteiger partial charge is 0.416 e. The fourth-order valence-electron chi connectivity index (χ4n) is 4.16. The molecule has 3 nitrogen and oxygen atoms in total. The van der Waals surface area contributed by atoms with Gasteiger partial charge in [0.2, 0.25) is 0 Å². The first-order chi connectivity index (χ1) is 15.5. The third kappa shape index (κ3) is 3.88. The highest BCUT2D eigenvalue weighted by Crippen LogP contribution is 2.36. The molecule has 0 fully saturated rings. The van der Waals surface area contributed by atoms with Gasteiger partial charge in [0, 0.05) is 17.7 Å². The van der Waals surface area contributed by atoms with E-state index in [1.165, 1.54) is 12.1 Å². The Labute approximate surface area is 184 Å². The van der Waals surface area contributed by atoms with Crippen molar-refractivity contribution in [3.05, 3.63) is 90.0 Å². The molecule has 0 saturated carbocycles. The van der Waals surface area contributed by atoms with Crippen molar-refractivity contribution in [1.29, 1.82) is 0 Å². The molecule has 0 saturated heterocycles. The SMILES string of the molecule is FC(F)(F)c1ccc(-n2nc(-c3ccc(-c4ccccc4)cc3)c3c2NCCCC3)cc1. The summed E-state index contributed by atoms with van der Waals surface area (Å²) in [6.07, 6.45) is -1.41. The molecule has 0 atom stereocenters. The zero-order chi connectivity index (χ0) is 22.1. The van der Waals surface area contributed by atoms with Gasteiger partial charge in [-0.05, 0) is 54.7 Å². The van der Waals surface area contributed by atoms with E-state index in [-0.39, 0.29) is 0 Å². The third-order valence-corrected chi connectivity index (χ3v) is 5.83. The lowest BCUT2D eigenvalue weighted by Crippen LogP contribution is -2.08. The summed E-state index contributed by atoms with van der Waals surface area (Å²) >= 11 is 0. The van der Waals surface area contributed by atoms with Gasteiger partial charge in [0.25, 0.3) is 0 Å². The summed E-state index contributed by atoms with van der Waals surface area (Å²) in [4.78, 5) is 0. The molecule has 0 bridgehead atoms. The van der Waals surface area contributed by atoms with E-state index in [0.29, 0.717) is 5.69 Å². The number of halogens is 3. The lowest BCUT2D eigenvalue weighted by molar-refractivity contribution is -0.137. The highest BCUT2D eigenvalue weighted by atomic mass is 19.4. The number of hydrogen-bond acceptors (Lipinski definition) is 2. The second-order valence-corrected chi connectivity index (χ2v) is 7.96. The van der Waals surface area contributed by atoms with Gasteiger partial charge in [0.15, 0.2) is 0 Å². The van der Waals surface area contributed by atoms with E-state index in [0.717, 1.165) is 71.7 Å². The van der Waals surface area contributed by atoms with Crippen LogP contribution in [0, 0.1) is 0 Å². The van der Waals surface area contributed by atoms with E-state index < -0.39 is 11.7 Å². The monoisotopic (exact) mass is 433 g/mol. The number of nitrogens with one attached hydrogen (secondary N) is 1. The van der Waals surface area contributed by atoms with Crippen LogP contribution in [0.2, 0.25) is 0 Å². The molecule has 0 radical (unpaired) electrons. The first-order valence-corrected chi connectivity index (χ1v) is 10.7. The van der Waals surface area contributed by atoms with Crippen LogP contribution in [0.4, 0.5) is 19.0 Å². The minimum absolute atomic E-state index is 0.607. The van der Waals surface area contributed by atoms with Crippen LogP contribution in [-0.2, 0) is 12.6 Å². The van der Waals surface area contributed by atoms with E-state index in [2.05, 4.69) is 41.7 Å². The van der Waals surface area contributed by atoms with Crippen molar-refractivity contribution in [3.8, 4) is 28.1 Å². The molecular formula is C26H22F3N3. The summed E-state index contributed by atoms with van der Waals surface area (Å²) in [6.45, 7) is 0.811. The van der Waals surface area contributed by atoms with Gasteiger partial charge in [-0.15, -0.1) is 0 Å². The Morgan fingerprint density at radius 1 is 0.750 bits per heavy atom. The molecule has 32 heavy (non-hydrogen) atoms. The van der Waals surface area contributed by atoms with Gasteiger partial charge in [-0.2, -0.15) is 18.3 Å². The molecule has 0 spiro atoms. The van der Waals surface area contributed by atoms with Gasteiger partial charge in [0.05, 0.1) is 16.9 Å². The van der Waals surface area contributed by atoms with E-state index in [4.69, 9.17) is 5.10 Å². The maximum Gasteiger partial charge on any atom is 0.416 e. The first-order valence-electron chi connectivity index (χ1n) is 10.7. The quantitative estimate of drug-likeness (QED) is 0.378. The predicted octanol–water partition coefficient (Wildman–Crippen LogP) is 6.97. The minimum atomic E-state index is -4.36. The molecular weight excluding hydrogens is 411 g/mol. The zero-order valence-corrected chi connectivity index (χ0v) is 17.4. The van der Waals surface area contributed by atoms with E-state index in [1.807, 2.05) is 18.2 Å². The number of aromatic nitrogens is 2. The highest BCUT2D eigenvalue weighted by Gasteiger charge is 2.30. The topological polar surface area (TPSA) is 29.9 Å². The van der Waals surface area contributed by atoms with Crippen LogP contribution in [-0.4, -0.2) is 16.3 Å². The first kappa shape index (κ1) is 20.4. The Kier molecular flexibility index (Phi) is 5.21. The summed E-state index contributed by atoms with van der Waals surface area (Å²) in [5, 5.41) is 8.28. The van der Waals surface area contributed by atoms with Crippen LogP contribution >= 0.6 is 0 Å². The van der Waals surface area contributed by atoms with E-state index in [9.17, 15) is 13.2 Å². The van der Waals surface area contributed by atoms with Gasteiger partial charge in [0.1, 0.15) is 5.82 Å². The van der Waals surface area contributed by atoms with Crippen molar-refractivity contribution in [2.75, 3.05) is 11.9 Å². The molecule has 1 aliphatic heterocycles. The Hall–Kier alpha value is -3.54. The van der Waals surface area contributed by atoms with Crippen molar-refractivity contribution < 1.29 is 13.2 Å². The van der Waals surface area contributed by atoms with Crippen LogP contribution in [0.15, 0.2) is 78.9 Å².